The van der Waals surface area contributed by atoms with Gasteiger partial charge in [-0.1, -0.05) is 132 Å². The van der Waals surface area contributed by atoms with Gasteiger partial charge >= 0.3 is 0 Å². The summed E-state index contributed by atoms with van der Waals surface area (Å²) in [6.07, 6.45) is 8.49. The Labute approximate surface area is 429 Å². The van der Waals surface area contributed by atoms with Crippen LogP contribution in [0.5, 0.6) is 0 Å². The molecule has 0 saturated carbocycles. The third-order valence-corrected chi connectivity index (χ3v) is 13.1. The molecule has 8 N–H and O–H groups in total. The highest BCUT2D eigenvalue weighted by Gasteiger charge is 2.32. The lowest BCUT2D eigenvalue weighted by Crippen LogP contribution is -2.35. The Balaban J connectivity index is 0.000000454. The Kier molecular flexibility index (Phi) is 26.1. The van der Waals surface area contributed by atoms with Crippen LogP contribution in [0.2, 0.25) is 0 Å². The molecule has 384 valence electrons. The summed E-state index contributed by atoms with van der Waals surface area (Å²) in [4.78, 5) is 51.3. The van der Waals surface area contributed by atoms with E-state index in [1.54, 1.807) is 0 Å². The lowest BCUT2D eigenvalue weighted by molar-refractivity contribution is 0.575. The fraction of sp³-hybridized carbons (Fsp3) is 0.692. The van der Waals surface area contributed by atoms with Gasteiger partial charge in [-0.25, -0.2) is 0 Å². The monoisotopic (exact) mass is 1020 g/mol. The van der Waals surface area contributed by atoms with Crippen LogP contribution in [0, 0.1) is 18.0 Å². The van der Waals surface area contributed by atoms with Crippen molar-refractivity contribution in [2.45, 2.75) is 156 Å². The molecular weight excluding hydrogens is 929 g/mol. The fourth-order valence-corrected chi connectivity index (χ4v) is 9.19. The zero-order valence-corrected chi connectivity index (χ0v) is 47.9. The minimum atomic E-state index is -0.129. The number of rotatable bonds is 22. The molecule has 0 aliphatic rings. The van der Waals surface area contributed by atoms with Crippen LogP contribution in [0.3, 0.4) is 0 Å². The molecule has 0 bridgehead atoms. The lowest BCUT2D eigenvalue weighted by atomic mass is 9.82. The van der Waals surface area contributed by atoms with Crippen LogP contribution in [0.15, 0.2) is 19.2 Å². The van der Waals surface area contributed by atoms with Crippen molar-refractivity contribution in [3.8, 4) is 0 Å². The van der Waals surface area contributed by atoms with Gasteiger partial charge in [0.05, 0.1) is 22.7 Å². The first kappa shape index (κ1) is 63.1. The Bertz CT molecular complexity index is 2470. The first-order valence-electron chi connectivity index (χ1n) is 24.3. The van der Waals surface area contributed by atoms with E-state index in [0.717, 1.165) is 136 Å². The van der Waals surface area contributed by atoms with Crippen molar-refractivity contribution in [1.82, 2.24) is 10.6 Å². The van der Waals surface area contributed by atoms with Crippen LogP contribution in [0.4, 0.5) is 22.7 Å². The molecule has 0 spiro atoms. The normalized spacial score (nSPS) is 12.0. The van der Waals surface area contributed by atoms with Gasteiger partial charge in [-0.2, -0.15) is 0 Å². The van der Waals surface area contributed by atoms with Crippen LogP contribution in [0.25, 0.3) is 0 Å². The Hall–Kier alpha value is -2.96. The van der Waals surface area contributed by atoms with E-state index < -0.39 is 0 Å². The second-order valence-electron chi connectivity index (χ2n) is 21.9. The van der Waals surface area contributed by atoms with Crippen molar-refractivity contribution in [3.05, 3.63) is 81.2 Å². The SMILES string of the molecule is CC(C)(C)c1c(NCCCCN)c(=S)c1=O.CN(CCCCN)c1c(C(C)(C)C)c(=O)c1=S.CNCCCCN(C)c1c(C(C)(C)C)c(=O)c1=S.CNCCCCNc1c(C(C)(C)C)c(=O)c1=S. The molecule has 0 fully saturated rings. The zero-order valence-electron chi connectivity index (χ0n) is 44.6. The van der Waals surface area contributed by atoms with Crippen LogP contribution >= 0.6 is 48.9 Å². The molecule has 4 rings (SSSR count). The molecule has 16 heteroatoms. The number of anilines is 4. The van der Waals surface area contributed by atoms with Gasteiger partial charge in [0, 0.05) is 62.5 Å². The van der Waals surface area contributed by atoms with Crippen LogP contribution in [-0.4, -0.2) is 80.5 Å². The molecule has 0 heterocycles. The molecule has 68 heavy (non-hydrogen) atoms. The van der Waals surface area contributed by atoms with Gasteiger partial charge in [0.15, 0.2) is 0 Å². The molecule has 0 unspecified atom stereocenters. The van der Waals surface area contributed by atoms with Gasteiger partial charge in [-0.05, 0) is 113 Å². The highest BCUT2D eigenvalue weighted by Crippen LogP contribution is 2.34. The zero-order chi connectivity index (χ0) is 52.5. The predicted octanol–water partition coefficient (Wildman–Crippen LogP) is 8.97. The quantitative estimate of drug-likeness (QED) is 0.0325. The molecule has 0 aliphatic carbocycles. The summed E-state index contributed by atoms with van der Waals surface area (Å²) in [6.45, 7) is 31.6. The standard InChI is InChI=1S/C14H24N2OS.2C13H22N2OS.C12H20N2OS/c1-14(2,3)10-11(13(18)12(10)17)16(5)9-7-6-8-15-4;1-13(2,3)9-10(12(17)11(9)16)15(4)8-6-5-7-14;1-13(2,3)9-10(12(17)11(9)16)15-8-6-5-7-14-4;1-12(2,3)8-9(11(16)10(8)15)14-7-5-4-6-13/h15H,6-9H2,1-5H3;5-8,14H2,1-4H3;14-15H,5-8H2,1-4H3;14H,4-7,13H2,1-3H3. The fourth-order valence-electron chi connectivity index (χ4n) is 7.92. The summed E-state index contributed by atoms with van der Waals surface area (Å²) in [5, 5.41) is 12.8. The van der Waals surface area contributed by atoms with Crippen molar-refractivity contribution in [3.63, 3.8) is 0 Å². The number of hydrogen-bond acceptors (Lipinski definition) is 16. The Morgan fingerprint density at radius 2 is 0.676 bits per heavy atom. The van der Waals surface area contributed by atoms with Crippen molar-refractivity contribution >= 4 is 71.6 Å². The van der Waals surface area contributed by atoms with Crippen LogP contribution in [-0.2, 0) is 21.7 Å². The molecule has 0 amide bonds. The van der Waals surface area contributed by atoms with Gasteiger partial charge in [0.1, 0.15) is 18.0 Å². The number of nitrogens with zero attached hydrogens (tertiary/aromatic N) is 2. The third-order valence-electron chi connectivity index (χ3n) is 11.6. The molecule has 0 atom stereocenters. The summed E-state index contributed by atoms with van der Waals surface area (Å²) < 4.78 is 1.93. The van der Waals surface area contributed by atoms with E-state index in [1.807, 2.05) is 69.7 Å². The van der Waals surface area contributed by atoms with E-state index in [-0.39, 0.29) is 43.4 Å². The lowest BCUT2D eigenvalue weighted by Gasteiger charge is -2.30. The first-order chi connectivity index (χ1) is 31.4. The highest BCUT2D eigenvalue weighted by molar-refractivity contribution is 7.72. The molecule has 0 saturated heterocycles. The number of hydrogen-bond donors (Lipinski definition) is 6. The molecule has 0 aromatic heterocycles. The van der Waals surface area contributed by atoms with E-state index in [9.17, 15) is 19.2 Å². The van der Waals surface area contributed by atoms with Gasteiger partial charge < -0.3 is 42.5 Å². The van der Waals surface area contributed by atoms with Gasteiger partial charge in [0.2, 0.25) is 21.7 Å². The largest absolute Gasteiger partial charge is 0.383 e. The van der Waals surface area contributed by atoms with E-state index >= 15 is 0 Å². The molecule has 4 aromatic carbocycles. The molecular formula is C52H88N8O4S4. The summed E-state index contributed by atoms with van der Waals surface area (Å²) >= 11 is 20.5. The maximum Gasteiger partial charge on any atom is 0.204 e. The minimum absolute atomic E-state index is 0.0313. The van der Waals surface area contributed by atoms with Crippen molar-refractivity contribution in [2.24, 2.45) is 11.5 Å². The molecule has 0 radical (unpaired) electrons. The van der Waals surface area contributed by atoms with Gasteiger partial charge in [-0.15, -0.1) is 0 Å². The minimum Gasteiger partial charge on any atom is -0.383 e. The summed E-state index contributed by atoms with van der Waals surface area (Å²) in [6, 6.07) is 0. The molecule has 4 aromatic rings. The van der Waals surface area contributed by atoms with Crippen molar-refractivity contribution in [1.29, 1.82) is 0 Å². The summed E-state index contributed by atoms with van der Waals surface area (Å²) in [5.74, 6) is 0. The van der Waals surface area contributed by atoms with Gasteiger partial charge in [0.25, 0.3) is 0 Å². The highest BCUT2D eigenvalue weighted by atomic mass is 32.1. The van der Waals surface area contributed by atoms with Gasteiger partial charge in [-0.3, -0.25) is 19.2 Å². The van der Waals surface area contributed by atoms with E-state index in [2.05, 4.69) is 72.6 Å². The maximum atomic E-state index is 11.9. The third kappa shape index (κ3) is 17.7. The van der Waals surface area contributed by atoms with Crippen molar-refractivity contribution < 1.29 is 0 Å². The number of nitrogens with two attached hydrogens (primary N) is 2. The predicted molar refractivity (Wildman–Crippen MR) is 305 cm³/mol. The molecule has 0 aliphatic heterocycles. The number of nitrogens with one attached hydrogen (secondary N) is 4. The Morgan fingerprint density at radius 1 is 0.412 bits per heavy atom. The van der Waals surface area contributed by atoms with E-state index in [4.69, 9.17) is 60.3 Å². The average molecular weight is 1020 g/mol. The smallest absolute Gasteiger partial charge is 0.204 e. The molecule has 12 nitrogen and oxygen atoms in total. The van der Waals surface area contributed by atoms with Crippen LogP contribution in [0.1, 0.15) is 157 Å². The van der Waals surface area contributed by atoms with E-state index in [0.29, 0.717) is 31.1 Å². The Morgan fingerprint density at radius 3 is 0.985 bits per heavy atom. The van der Waals surface area contributed by atoms with Crippen molar-refractivity contribution in [2.75, 3.05) is 101 Å². The van der Waals surface area contributed by atoms with Crippen LogP contribution < -0.4 is 64.2 Å². The maximum absolute atomic E-state index is 11.9. The summed E-state index contributed by atoms with van der Waals surface area (Å²) in [7, 11) is 7.94. The average Bonchev–Trinajstić information content (AvgIpc) is 3.24. The second-order valence-corrected chi connectivity index (χ2v) is 23.5. The first-order valence-corrected chi connectivity index (χ1v) is 26.0. The summed E-state index contributed by atoms with van der Waals surface area (Å²) in [5.41, 5.74) is 17.8. The number of unbranched alkanes of at least 4 members (excludes halogenated alkanes) is 4. The topological polar surface area (TPSA) is 175 Å². The van der Waals surface area contributed by atoms with E-state index in [1.165, 1.54) is 0 Å². The second kappa shape index (κ2) is 28.2.